The lowest BCUT2D eigenvalue weighted by Gasteiger charge is -2.25. The zero-order chi connectivity index (χ0) is 12.1. The summed E-state index contributed by atoms with van der Waals surface area (Å²) in [5, 5.41) is 11.0. The van der Waals surface area contributed by atoms with Crippen LogP contribution < -0.4 is 5.32 Å². The van der Waals surface area contributed by atoms with E-state index in [4.69, 9.17) is 5.11 Å². The molecular weight excluding hydrogens is 212 g/mol. The molecule has 1 atom stereocenters. The summed E-state index contributed by atoms with van der Waals surface area (Å²) in [5.41, 5.74) is 0. The molecule has 2 N–H and O–H groups in total. The summed E-state index contributed by atoms with van der Waals surface area (Å²) in [5.74, 6) is -1.15. The van der Waals surface area contributed by atoms with Gasteiger partial charge in [0.25, 0.3) is 0 Å². The van der Waals surface area contributed by atoms with Crippen LogP contribution >= 0.6 is 0 Å². The van der Waals surface area contributed by atoms with Gasteiger partial charge in [-0.15, -0.1) is 0 Å². The van der Waals surface area contributed by atoms with Crippen LogP contribution in [0.1, 0.15) is 19.8 Å². The van der Waals surface area contributed by atoms with Crippen molar-refractivity contribution in [1.82, 2.24) is 10.2 Å². The number of amides is 1. The number of Topliss-reactive ketones (excluding diaryl/α,β-unsaturated/α-hetero) is 1. The molecule has 1 aliphatic rings. The largest absolute Gasteiger partial charge is 0.480 e. The third-order valence-corrected chi connectivity index (χ3v) is 2.53. The summed E-state index contributed by atoms with van der Waals surface area (Å²) in [6.45, 7) is 2.73. The molecule has 0 aromatic heterocycles. The minimum absolute atomic E-state index is 0.158. The van der Waals surface area contributed by atoms with E-state index in [9.17, 15) is 14.4 Å². The van der Waals surface area contributed by atoms with Crippen molar-refractivity contribution in [3.63, 3.8) is 0 Å². The Balaban J connectivity index is 2.29. The Morgan fingerprint density at radius 3 is 2.50 bits per heavy atom. The standard InChI is InChI=1S/C10H16N2O4/c1-7(10(15)16)11-9(14)6-12-4-2-8(13)3-5-12/h7H,2-6H2,1H3,(H,11,14)(H,15,16). The van der Waals surface area contributed by atoms with E-state index in [0.29, 0.717) is 25.9 Å². The summed E-state index contributed by atoms with van der Waals surface area (Å²) in [6, 6.07) is -0.876. The maximum atomic E-state index is 11.4. The van der Waals surface area contributed by atoms with Crippen molar-refractivity contribution < 1.29 is 19.5 Å². The first-order chi connectivity index (χ1) is 7.49. The van der Waals surface area contributed by atoms with Crippen molar-refractivity contribution in [2.24, 2.45) is 0 Å². The second-order valence-electron chi connectivity index (χ2n) is 3.94. The van der Waals surface area contributed by atoms with E-state index in [1.54, 1.807) is 0 Å². The first kappa shape index (κ1) is 12.6. The number of carbonyl (C=O) groups excluding carboxylic acids is 2. The zero-order valence-corrected chi connectivity index (χ0v) is 9.23. The fourth-order valence-corrected chi connectivity index (χ4v) is 1.51. The summed E-state index contributed by atoms with van der Waals surface area (Å²) in [6.07, 6.45) is 0.948. The molecule has 0 aromatic rings. The van der Waals surface area contributed by atoms with Crippen LogP contribution in [0.5, 0.6) is 0 Å². The maximum Gasteiger partial charge on any atom is 0.325 e. The van der Waals surface area contributed by atoms with Gasteiger partial charge in [-0.05, 0) is 6.92 Å². The van der Waals surface area contributed by atoms with E-state index in [1.807, 2.05) is 4.90 Å². The lowest BCUT2D eigenvalue weighted by atomic mass is 10.1. The molecule has 6 nitrogen and oxygen atoms in total. The lowest BCUT2D eigenvalue weighted by Crippen LogP contribution is -2.46. The molecule has 0 bridgehead atoms. The highest BCUT2D eigenvalue weighted by molar-refractivity contribution is 5.84. The molecule has 0 aromatic carbocycles. The number of carboxylic acid groups (broad SMARTS) is 1. The van der Waals surface area contributed by atoms with Gasteiger partial charge in [-0.2, -0.15) is 0 Å². The first-order valence-electron chi connectivity index (χ1n) is 5.25. The van der Waals surface area contributed by atoms with E-state index in [-0.39, 0.29) is 18.2 Å². The summed E-state index contributed by atoms with van der Waals surface area (Å²) in [4.78, 5) is 34.7. The van der Waals surface area contributed by atoms with Crippen molar-refractivity contribution in [1.29, 1.82) is 0 Å². The number of hydrogen-bond acceptors (Lipinski definition) is 4. The van der Waals surface area contributed by atoms with E-state index in [0.717, 1.165) is 0 Å². The number of ketones is 1. The van der Waals surface area contributed by atoms with Crippen LogP contribution in [0.25, 0.3) is 0 Å². The molecule has 1 amide bonds. The van der Waals surface area contributed by atoms with Crippen LogP contribution in [0, 0.1) is 0 Å². The number of likely N-dealkylation sites (tertiary alicyclic amines) is 1. The number of hydrogen-bond donors (Lipinski definition) is 2. The van der Waals surface area contributed by atoms with E-state index >= 15 is 0 Å². The molecule has 90 valence electrons. The number of carboxylic acids is 1. The third-order valence-electron chi connectivity index (χ3n) is 2.53. The van der Waals surface area contributed by atoms with E-state index in [1.165, 1.54) is 6.92 Å². The topological polar surface area (TPSA) is 86.7 Å². The second kappa shape index (κ2) is 5.60. The first-order valence-corrected chi connectivity index (χ1v) is 5.25. The minimum atomic E-state index is -1.05. The van der Waals surface area contributed by atoms with Crippen LogP contribution in [0.3, 0.4) is 0 Å². The number of piperidine rings is 1. The highest BCUT2D eigenvalue weighted by Gasteiger charge is 2.20. The molecule has 0 radical (unpaired) electrons. The molecule has 1 aliphatic heterocycles. The van der Waals surface area contributed by atoms with E-state index in [2.05, 4.69) is 5.32 Å². The SMILES string of the molecule is CC(NC(=O)CN1CCC(=O)CC1)C(=O)O. The fraction of sp³-hybridized carbons (Fsp3) is 0.700. The molecule has 1 unspecified atom stereocenters. The van der Waals surface area contributed by atoms with Gasteiger partial charge in [0.1, 0.15) is 11.8 Å². The number of nitrogens with one attached hydrogen (secondary N) is 1. The Morgan fingerprint density at radius 1 is 1.44 bits per heavy atom. The van der Waals surface area contributed by atoms with Gasteiger partial charge in [-0.1, -0.05) is 0 Å². The molecule has 1 fully saturated rings. The Hall–Kier alpha value is -1.43. The minimum Gasteiger partial charge on any atom is -0.480 e. The average molecular weight is 228 g/mol. The highest BCUT2D eigenvalue weighted by Crippen LogP contribution is 2.04. The monoisotopic (exact) mass is 228 g/mol. The molecule has 6 heteroatoms. The van der Waals surface area contributed by atoms with Crippen molar-refractivity contribution >= 4 is 17.7 Å². The number of aliphatic carboxylic acids is 1. The number of carbonyl (C=O) groups is 3. The quantitative estimate of drug-likeness (QED) is 0.660. The predicted molar refractivity (Wildman–Crippen MR) is 55.9 cm³/mol. The van der Waals surface area contributed by atoms with Crippen LogP contribution in [-0.2, 0) is 14.4 Å². The van der Waals surface area contributed by atoms with Gasteiger partial charge in [0.05, 0.1) is 6.54 Å². The van der Waals surface area contributed by atoms with Gasteiger partial charge in [0.2, 0.25) is 5.91 Å². The fourth-order valence-electron chi connectivity index (χ4n) is 1.51. The van der Waals surface area contributed by atoms with Gasteiger partial charge in [0.15, 0.2) is 0 Å². The Morgan fingerprint density at radius 2 is 2.00 bits per heavy atom. The van der Waals surface area contributed by atoms with Gasteiger partial charge >= 0.3 is 5.97 Å². The normalized spacial score (nSPS) is 19.2. The lowest BCUT2D eigenvalue weighted by molar-refractivity contribution is -0.141. The Kier molecular flexibility index (Phi) is 4.42. The molecule has 0 aliphatic carbocycles. The Bertz CT molecular complexity index is 293. The Labute approximate surface area is 93.6 Å². The smallest absolute Gasteiger partial charge is 0.325 e. The molecule has 1 heterocycles. The van der Waals surface area contributed by atoms with Crippen molar-refractivity contribution in [2.75, 3.05) is 19.6 Å². The molecule has 16 heavy (non-hydrogen) atoms. The summed E-state index contributed by atoms with van der Waals surface area (Å²) in [7, 11) is 0. The molecule has 0 saturated carbocycles. The van der Waals surface area contributed by atoms with Crippen LogP contribution in [-0.4, -0.2) is 53.3 Å². The third kappa shape index (κ3) is 3.98. The molecular formula is C10H16N2O4. The van der Waals surface area contributed by atoms with Crippen LogP contribution in [0.2, 0.25) is 0 Å². The zero-order valence-electron chi connectivity index (χ0n) is 9.23. The molecule has 1 saturated heterocycles. The van der Waals surface area contributed by atoms with Gasteiger partial charge in [-0.3, -0.25) is 19.3 Å². The van der Waals surface area contributed by atoms with Gasteiger partial charge in [-0.25, -0.2) is 0 Å². The number of rotatable bonds is 4. The average Bonchev–Trinajstić information content (AvgIpc) is 2.21. The number of nitrogens with zero attached hydrogens (tertiary/aromatic N) is 1. The van der Waals surface area contributed by atoms with Crippen LogP contribution in [0.15, 0.2) is 0 Å². The van der Waals surface area contributed by atoms with Crippen LogP contribution in [0.4, 0.5) is 0 Å². The molecule has 1 rings (SSSR count). The van der Waals surface area contributed by atoms with Gasteiger partial charge in [0, 0.05) is 25.9 Å². The predicted octanol–water partition coefficient (Wildman–Crippen LogP) is -0.759. The molecule has 0 spiro atoms. The second-order valence-corrected chi connectivity index (χ2v) is 3.94. The maximum absolute atomic E-state index is 11.4. The van der Waals surface area contributed by atoms with Crippen molar-refractivity contribution in [3.05, 3.63) is 0 Å². The van der Waals surface area contributed by atoms with Crippen molar-refractivity contribution in [3.8, 4) is 0 Å². The van der Waals surface area contributed by atoms with Gasteiger partial charge < -0.3 is 10.4 Å². The summed E-state index contributed by atoms with van der Waals surface area (Å²) < 4.78 is 0. The highest BCUT2D eigenvalue weighted by atomic mass is 16.4. The van der Waals surface area contributed by atoms with Crippen molar-refractivity contribution in [2.45, 2.75) is 25.8 Å². The summed E-state index contributed by atoms with van der Waals surface area (Å²) >= 11 is 0. The van der Waals surface area contributed by atoms with E-state index < -0.39 is 12.0 Å².